The Labute approximate surface area is 196 Å². The van der Waals surface area contributed by atoms with E-state index in [-0.39, 0.29) is 34.2 Å². The van der Waals surface area contributed by atoms with Crippen LogP contribution in [0.15, 0.2) is 47.4 Å². The SMILES string of the molecule is N#Cc1cc(S(=O)(=O)N2c3ccccc3CCC2CC(F)(F)F)ccc1OCC1CCOCC1. The van der Waals surface area contributed by atoms with Gasteiger partial charge >= 0.3 is 6.18 Å². The van der Waals surface area contributed by atoms with E-state index < -0.39 is 28.7 Å². The van der Waals surface area contributed by atoms with E-state index in [1.807, 2.05) is 6.07 Å². The van der Waals surface area contributed by atoms with Gasteiger partial charge in [0.15, 0.2) is 0 Å². The molecule has 0 bridgehead atoms. The molecule has 4 rings (SSSR count). The molecule has 2 aromatic carbocycles. The first-order valence-corrected chi connectivity index (χ1v) is 12.6. The second-order valence-corrected chi connectivity index (χ2v) is 10.4. The Kier molecular flexibility index (Phi) is 7.05. The average Bonchev–Trinajstić information content (AvgIpc) is 2.82. The van der Waals surface area contributed by atoms with Gasteiger partial charge in [-0.2, -0.15) is 18.4 Å². The van der Waals surface area contributed by atoms with Crippen molar-refractivity contribution in [3.05, 3.63) is 53.6 Å². The van der Waals surface area contributed by atoms with E-state index in [9.17, 15) is 26.9 Å². The molecular weight excluding hydrogens is 469 g/mol. The van der Waals surface area contributed by atoms with Crippen LogP contribution in [-0.2, 0) is 21.2 Å². The number of halogens is 3. The van der Waals surface area contributed by atoms with E-state index in [1.165, 1.54) is 24.3 Å². The Balaban J connectivity index is 1.65. The lowest BCUT2D eigenvalue weighted by atomic mass is 9.96. The van der Waals surface area contributed by atoms with Crippen molar-refractivity contribution in [2.75, 3.05) is 24.1 Å². The molecule has 1 atom stereocenters. The van der Waals surface area contributed by atoms with Crippen LogP contribution in [0.1, 0.15) is 36.8 Å². The molecule has 0 radical (unpaired) electrons. The molecule has 0 saturated carbocycles. The van der Waals surface area contributed by atoms with Crippen molar-refractivity contribution >= 4 is 15.7 Å². The Morgan fingerprint density at radius 2 is 1.85 bits per heavy atom. The second-order valence-electron chi connectivity index (χ2n) is 8.58. The summed E-state index contributed by atoms with van der Waals surface area (Å²) in [5, 5.41) is 9.61. The zero-order valence-corrected chi connectivity index (χ0v) is 19.2. The maximum absolute atomic E-state index is 13.6. The first-order valence-electron chi connectivity index (χ1n) is 11.1. The van der Waals surface area contributed by atoms with Crippen LogP contribution >= 0.6 is 0 Å². The van der Waals surface area contributed by atoms with Crippen LogP contribution in [0.25, 0.3) is 0 Å². The average molecular weight is 495 g/mol. The molecule has 2 aromatic rings. The van der Waals surface area contributed by atoms with E-state index in [4.69, 9.17) is 9.47 Å². The summed E-state index contributed by atoms with van der Waals surface area (Å²) in [6.45, 7) is 1.66. The van der Waals surface area contributed by atoms with Crippen molar-refractivity contribution in [1.82, 2.24) is 0 Å². The number of ether oxygens (including phenoxy) is 2. The van der Waals surface area contributed by atoms with Gasteiger partial charge in [-0.05, 0) is 61.4 Å². The maximum Gasteiger partial charge on any atom is 0.391 e. The van der Waals surface area contributed by atoms with Gasteiger partial charge in [-0.25, -0.2) is 8.42 Å². The molecule has 2 aliphatic heterocycles. The van der Waals surface area contributed by atoms with Gasteiger partial charge in [0.05, 0.1) is 35.2 Å². The molecule has 182 valence electrons. The summed E-state index contributed by atoms with van der Waals surface area (Å²) in [5.41, 5.74) is 0.925. The van der Waals surface area contributed by atoms with Crippen LogP contribution in [0, 0.1) is 17.2 Å². The quantitative estimate of drug-likeness (QED) is 0.575. The summed E-state index contributed by atoms with van der Waals surface area (Å²) in [6.07, 6.45) is -3.70. The number of rotatable bonds is 6. The van der Waals surface area contributed by atoms with Crippen molar-refractivity contribution in [3.63, 3.8) is 0 Å². The Hall–Kier alpha value is -2.77. The number of hydrogen-bond donors (Lipinski definition) is 0. The number of anilines is 1. The van der Waals surface area contributed by atoms with Crippen LogP contribution in [0.2, 0.25) is 0 Å². The topological polar surface area (TPSA) is 79.6 Å². The minimum absolute atomic E-state index is 0.0193. The standard InChI is InChI=1S/C24H25F3N2O4S/c25-24(26,27)14-20-6-5-18-3-1-2-4-22(18)29(20)34(30,31)21-7-8-23(19(13-21)15-28)33-16-17-9-11-32-12-10-17/h1-4,7-8,13,17,20H,5-6,9-12,14,16H2. The third-order valence-corrected chi connectivity index (χ3v) is 8.08. The fourth-order valence-electron chi connectivity index (χ4n) is 4.47. The van der Waals surface area contributed by atoms with Gasteiger partial charge in [0.25, 0.3) is 10.0 Å². The van der Waals surface area contributed by atoms with E-state index in [1.54, 1.807) is 18.2 Å². The normalized spacial score (nSPS) is 19.4. The molecule has 0 aliphatic carbocycles. The minimum atomic E-state index is -4.52. The van der Waals surface area contributed by atoms with E-state index in [0.29, 0.717) is 31.8 Å². The highest BCUT2D eigenvalue weighted by Gasteiger charge is 2.42. The molecule has 0 N–H and O–H groups in total. The van der Waals surface area contributed by atoms with E-state index in [2.05, 4.69) is 0 Å². The molecule has 0 spiro atoms. The Bertz CT molecular complexity index is 1170. The molecule has 6 nitrogen and oxygen atoms in total. The number of aryl methyl sites for hydroxylation is 1. The number of alkyl halides is 3. The third kappa shape index (κ3) is 5.31. The highest BCUT2D eigenvalue weighted by atomic mass is 32.2. The molecule has 34 heavy (non-hydrogen) atoms. The predicted octanol–water partition coefficient (Wildman–Crippen LogP) is 4.83. The number of nitriles is 1. The molecular formula is C24H25F3N2O4S. The van der Waals surface area contributed by atoms with Gasteiger partial charge in [0.2, 0.25) is 0 Å². The van der Waals surface area contributed by atoms with Gasteiger partial charge < -0.3 is 9.47 Å². The highest BCUT2D eigenvalue weighted by Crippen LogP contribution is 2.39. The van der Waals surface area contributed by atoms with Crippen molar-refractivity contribution < 1.29 is 31.1 Å². The molecule has 0 aromatic heterocycles. The zero-order valence-electron chi connectivity index (χ0n) is 18.4. The van der Waals surface area contributed by atoms with Crippen LogP contribution in [0.4, 0.5) is 18.9 Å². The summed E-state index contributed by atoms with van der Waals surface area (Å²) < 4.78 is 79.1. The molecule has 1 saturated heterocycles. The predicted molar refractivity (Wildman–Crippen MR) is 119 cm³/mol. The van der Waals surface area contributed by atoms with Gasteiger partial charge in [-0.1, -0.05) is 18.2 Å². The maximum atomic E-state index is 13.6. The fraction of sp³-hybridized carbons (Fsp3) is 0.458. The lowest BCUT2D eigenvalue weighted by molar-refractivity contribution is -0.138. The van der Waals surface area contributed by atoms with Crippen LogP contribution in [-0.4, -0.2) is 40.5 Å². The van der Waals surface area contributed by atoms with Crippen LogP contribution < -0.4 is 9.04 Å². The smallest absolute Gasteiger partial charge is 0.391 e. The number of fused-ring (bicyclic) bond motifs is 1. The van der Waals surface area contributed by atoms with Crippen molar-refractivity contribution in [2.24, 2.45) is 5.92 Å². The summed E-state index contributed by atoms with van der Waals surface area (Å²) in [5.74, 6) is 0.524. The lowest BCUT2D eigenvalue weighted by Crippen LogP contribution is -2.45. The number of benzene rings is 2. The molecule has 2 heterocycles. The first-order chi connectivity index (χ1) is 16.2. The number of hydrogen-bond acceptors (Lipinski definition) is 5. The van der Waals surface area contributed by atoms with E-state index >= 15 is 0 Å². The molecule has 1 fully saturated rings. The van der Waals surface area contributed by atoms with Gasteiger partial charge in [0.1, 0.15) is 11.8 Å². The summed E-state index contributed by atoms with van der Waals surface area (Å²) in [7, 11) is -4.37. The molecule has 10 heteroatoms. The molecule has 0 amide bonds. The van der Waals surface area contributed by atoms with E-state index in [0.717, 1.165) is 17.1 Å². The van der Waals surface area contributed by atoms with Crippen molar-refractivity contribution in [3.8, 4) is 11.8 Å². The Morgan fingerprint density at radius 3 is 2.56 bits per heavy atom. The lowest BCUT2D eigenvalue weighted by Gasteiger charge is -2.38. The highest BCUT2D eigenvalue weighted by molar-refractivity contribution is 7.92. The Morgan fingerprint density at radius 1 is 1.12 bits per heavy atom. The third-order valence-electron chi connectivity index (χ3n) is 6.22. The second kappa shape index (κ2) is 9.84. The van der Waals surface area contributed by atoms with Crippen LogP contribution in [0.3, 0.4) is 0 Å². The summed E-state index contributed by atoms with van der Waals surface area (Å²) in [4.78, 5) is -0.244. The number of sulfonamides is 1. The van der Waals surface area contributed by atoms with Crippen molar-refractivity contribution in [1.29, 1.82) is 5.26 Å². The summed E-state index contributed by atoms with van der Waals surface area (Å²) >= 11 is 0. The van der Waals surface area contributed by atoms with Gasteiger partial charge in [-0.15, -0.1) is 0 Å². The van der Waals surface area contributed by atoms with Gasteiger partial charge in [-0.3, -0.25) is 4.31 Å². The fourth-order valence-corrected chi connectivity index (χ4v) is 6.21. The molecule has 1 unspecified atom stereocenters. The zero-order chi connectivity index (χ0) is 24.3. The van der Waals surface area contributed by atoms with Crippen molar-refractivity contribution in [2.45, 2.75) is 49.2 Å². The minimum Gasteiger partial charge on any atom is -0.492 e. The van der Waals surface area contributed by atoms with Crippen LogP contribution in [0.5, 0.6) is 5.75 Å². The summed E-state index contributed by atoms with van der Waals surface area (Å²) in [6, 6.07) is 11.1. The van der Waals surface area contributed by atoms with Gasteiger partial charge in [0, 0.05) is 13.2 Å². The largest absolute Gasteiger partial charge is 0.492 e. The first kappa shape index (κ1) is 24.4. The number of nitrogens with zero attached hydrogens (tertiary/aromatic N) is 2. The number of para-hydroxylation sites is 1. The monoisotopic (exact) mass is 494 g/mol. The molecule has 2 aliphatic rings.